The maximum atomic E-state index is 13.0. The highest BCUT2D eigenvalue weighted by molar-refractivity contribution is 5.86. The first-order valence-corrected chi connectivity index (χ1v) is 10.6. The van der Waals surface area contributed by atoms with Gasteiger partial charge in [-0.2, -0.15) is 0 Å². The lowest BCUT2D eigenvalue weighted by Crippen LogP contribution is -2.65. The molecule has 3 heterocycles. The molecule has 0 radical (unpaired) electrons. The fraction of sp³-hybridized carbons (Fsp3) is 0.636. The number of rotatable bonds is 4. The number of amides is 2. The lowest BCUT2D eigenvalue weighted by Gasteiger charge is -2.51. The summed E-state index contributed by atoms with van der Waals surface area (Å²) in [5, 5.41) is 3.43. The summed E-state index contributed by atoms with van der Waals surface area (Å²) < 4.78 is 0. The molecule has 1 aromatic rings. The first kappa shape index (κ1) is 19.4. The maximum Gasteiger partial charge on any atom is 0.242 e. The van der Waals surface area contributed by atoms with Crippen molar-refractivity contribution in [3.8, 4) is 0 Å². The van der Waals surface area contributed by atoms with Crippen LogP contribution in [0.1, 0.15) is 24.8 Å². The van der Waals surface area contributed by atoms with Crippen LogP contribution in [0.15, 0.2) is 30.3 Å². The molecular formula is C22H32N4O2. The summed E-state index contributed by atoms with van der Waals surface area (Å²) >= 11 is 0. The van der Waals surface area contributed by atoms with E-state index in [0.29, 0.717) is 18.9 Å². The molecule has 0 aliphatic carbocycles. The standard InChI is InChI=1S/C22H32N4O2/c1-24-11-12-25(17-22(24)7-9-23-10-8-22)21(28)16-26-15-19(14-20(26)27)13-18-5-3-2-4-6-18/h2-6,19,23H,7-17H2,1H3/t19-/m1/s1. The zero-order valence-electron chi connectivity index (χ0n) is 16.9. The third kappa shape index (κ3) is 4.08. The van der Waals surface area contributed by atoms with Crippen molar-refractivity contribution >= 4 is 11.8 Å². The van der Waals surface area contributed by atoms with Crippen LogP contribution in [0, 0.1) is 5.92 Å². The van der Waals surface area contributed by atoms with Crippen molar-refractivity contribution in [2.45, 2.75) is 31.2 Å². The quantitative estimate of drug-likeness (QED) is 0.841. The minimum Gasteiger partial charge on any atom is -0.338 e. The number of nitrogens with one attached hydrogen (secondary N) is 1. The summed E-state index contributed by atoms with van der Waals surface area (Å²) in [5.74, 6) is 0.547. The van der Waals surface area contributed by atoms with Gasteiger partial charge in [-0.3, -0.25) is 14.5 Å². The van der Waals surface area contributed by atoms with Crippen LogP contribution in [-0.4, -0.2) is 84.9 Å². The highest BCUT2D eigenvalue weighted by Gasteiger charge is 2.42. The number of hydrogen-bond donors (Lipinski definition) is 1. The maximum absolute atomic E-state index is 13.0. The monoisotopic (exact) mass is 384 g/mol. The van der Waals surface area contributed by atoms with Gasteiger partial charge in [0.15, 0.2) is 0 Å². The molecule has 1 atom stereocenters. The van der Waals surface area contributed by atoms with E-state index in [-0.39, 0.29) is 23.9 Å². The molecule has 2 amide bonds. The Morgan fingerprint density at radius 2 is 1.93 bits per heavy atom. The zero-order chi connectivity index (χ0) is 19.6. The van der Waals surface area contributed by atoms with E-state index in [1.807, 2.05) is 23.1 Å². The van der Waals surface area contributed by atoms with Gasteiger partial charge in [-0.15, -0.1) is 0 Å². The Hall–Kier alpha value is -1.92. The number of piperazine rings is 1. The second-order valence-corrected chi connectivity index (χ2v) is 8.75. The second-order valence-electron chi connectivity index (χ2n) is 8.75. The van der Waals surface area contributed by atoms with Gasteiger partial charge in [0.05, 0.1) is 6.54 Å². The van der Waals surface area contributed by atoms with E-state index in [0.717, 1.165) is 52.0 Å². The van der Waals surface area contributed by atoms with Crippen LogP contribution in [0.3, 0.4) is 0 Å². The second kappa shape index (κ2) is 8.21. The molecule has 3 aliphatic rings. The van der Waals surface area contributed by atoms with E-state index in [1.54, 1.807) is 4.90 Å². The van der Waals surface area contributed by atoms with Gasteiger partial charge >= 0.3 is 0 Å². The topological polar surface area (TPSA) is 55.9 Å². The minimum atomic E-state index is 0.101. The molecule has 1 aromatic carbocycles. The van der Waals surface area contributed by atoms with E-state index in [4.69, 9.17) is 0 Å². The van der Waals surface area contributed by atoms with Crippen molar-refractivity contribution in [3.63, 3.8) is 0 Å². The summed E-state index contributed by atoms with van der Waals surface area (Å²) in [4.78, 5) is 31.7. The van der Waals surface area contributed by atoms with Crippen molar-refractivity contribution in [2.75, 3.05) is 52.9 Å². The van der Waals surface area contributed by atoms with E-state index >= 15 is 0 Å². The number of carbonyl (C=O) groups is 2. The molecule has 3 fully saturated rings. The summed E-state index contributed by atoms with van der Waals surface area (Å²) in [5.41, 5.74) is 1.37. The molecule has 6 nitrogen and oxygen atoms in total. The van der Waals surface area contributed by atoms with Crippen LogP contribution in [-0.2, 0) is 16.0 Å². The van der Waals surface area contributed by atoms with Crippen molar-refractivity contribution in [1.29, 1.82) is 0 Å². The number of carbonyl (C=O) groups excluding carboxylic acids is 2. The largest absolute Gasteiger partial charge is 0.338 e. The molecule has 152 valence electrons. The lowest BCUT2D eigenvalue weighted by molar-refractivity contribution is -0.142. The van der Waals surface area contributed by atoms with Gasteiger partial charge in [0.25, 0.3) is 0 Å². The van der Waals surface area contributed by atoms with E-state index in [2.05, 4.69) is 29.4 Å². The highest BCUT2D eigenvalue weighted by Crippen LogP contribution is 2.29. The predicted molar refractivity (Wildman–Crippen MR) is 109 cm³/mol. The fourth-order valence-corrected chi connectivity index (χ4v) is 5.06. The molecule has 1 N–H and O–H groups in total. The molecule has 1 spiro atoms. The number of benzene rings is 1. The third-order valence-corrected chi connectivity index (χ3v) is 6.88. The molecule has 6 heteroatoms. The number of nitrogens with zero attached hydrogens (tertiary/aromatic N) is 3. The first-order chi connectivity index (χ1) is 13.6. The van der Waals surface area contributed by atoms with Gasteiger partial charge in [0.1, 0.15) is 0 Å². The van der Waals surface area contributed by atoms with Gasteiger partial charge in [-0.05, 0) is 50.9 Å². The van der Waals surface area contributed by atoms with Crippen molar-refractivity contribution in [3.05, 3.63) is 35.9 Å². The number of hydrogen-bond acceptors (Lipinski definition) is 4. The van der Waals surface area contributed by atoms with Gasteiger partial charge < -0.3 is 15.1 Å². The SMILES string of the molecule is CN1CCN(C(=O)CN2C[C@H](Cc3ccccc3)CC2=O)CC12CCNCC2. The van der Waals surface area contributed by atoms with Crippen LogP contribution < -0.4 is 5.32 Å². The zero-order valence-corrected chi connectivity index (χ0v) is 16.9. The normalized spacial score (nSPS) is 25.5. The van der Waals surface area contributed by atoms with Crippen molar-refractivity contribution in [2.24, 2.45) is 5.92 Å². The van der Waals surface area contributed by atoms with E-state index < -0.39 is 0 Å². The molecule has 3 saturated heterocycles. The van der Waals surface area contributed by atoms with Gasteiger partial charge in [0.2, 0.25) is 11.8 Å². The lowest BCUT2D eigenvalue weighted by atomic mass is 9.84. The van der Waals surface area contributed by atoms with Crippen LogP contribution in [0.5, 0.6) is 0 Å². The summed E-state index contributed by atoms with van der Waals surface area (Å²) in [7, 11) is 2.19. The summed E-state index contributed by atoms with van der Waals surface area (Å²) in [6.07, 6.45) is 3.62. The highest BCUT2D eigenvalue weighted by atomic mass is 16.2. The molecule has 0 unspecified atom stereocenters. The van der Waals surface area contributed by atoms with Crippen molar-refractivity contribution in [1.82, 2.24) is 20.0 Å². The van der Waals surface area contributed by atoms with Crippen LogP contribution in [0.25, 0.3) is 0 Å². The Balaban J connectivity index is 1.33. The third-order valence-electron chi connectivity index (χ3n) is 6.88. The van der Waals surface area contributed by atoms with Gasteiger partial charge in [-0.1, -0.05) is 30.3 Å². The minimum absolute atomic E-state index is 0.101. The average Bonchev–Trinajstić information content (AvgIpc) is 3.04. The Labute approximate surface area is 167 Å². The number of likely N-dealkylation sites (N-methyl/N-ethyl adjacent to an activating group) is 1. The molecule has 4 rings (SSSR count). The average molecular weight is 385 g/mol. The van der Waals surface area contributed by atoms with Gasteiger partial charge in [0, 0.05) is 38.1 Å². The Morgan fingerprint density at radius 3 is 2.68 bits per heavy atom. The van der Waals surface area contributed by atoms with E-state index in [1.165, 1.54) is 5.56 Å². The predicted octanol–water partition coefficient (Wildman–Crippen LogP) is 0.974. The molecule has 0 bridgehead atoms. The Morgan fingerprint density at radius 1 is 1.18 bits per heavy atom. The Kier molecular flexibility index (Phi) is 5.69. The molecule has 3 aliphatic heterocycles. The molecular weight excluding hydrogens is 352 g/mol. The number of likely N-dealkylation sites (tertiary alicyclic amines) is 1. The summed E-state index contributed by atoms with van der Waals surface area (Å²) in [6.45, 7) is 5.43. The van der Waals surface area contributed by atoms with Crippen molar-refractivity contribution < 1.29 is 9.59 Å². The van der Waals surface area contributed by atoms with Crippen LogP contribution >= 0.6 is 0 Å². The number of piperidine rings is 1. The van der Waals surface area contributed by atoms with Crippen LogP contribution in [0.4, 0.5) is 0 Å². The molecule has 28 heavy (non-hydrogen) atoms. The Bertz CT molecular complexity index is 702. The summed E-state index contributed by atoms with van der Waals surface area (Å²) in [6, 6.07) is 10.3. The fourth-order valence-electron chi connectivity index (χ4n) is 5.06. The van der Waals surface area contributed by atoms with E-state index in [9.17, 15) is 9.59 Å². The van der Waals surface area contributed by atoms with Gasteiger partial charge in [-0.25, -0.2) is 0 Å². The molecule has 0 aromatic heterocycles. The first-order valence-electron chi connectivity index (χ1n) is 10.6. The molecule has 0 saturated carbocycles. The smallest absolute Gasteiger partial charge is 0.242 e. The van der Waals surface area contributed by atoms with Crippen LogP contribution in [0.2, 0.25) is 0 Å².